The Hall–Kier alpha value is -1.63. The van der Waals surface area contributed by atoms with E-state index in [9.17, 15) is 13.2 Å². The fourth-order valence-electron chi connectivity index (χ4n) is 3.55. The van der Waals surface area contributed by atoms with Crippen molar-refractivity contribution in [2.75, 3.05) is 38.2 Å². The first-order valence-corrected chi connectivity index (χ1v) is 12.5. The average molecular weight is 563 g/mol. The van der Waals surface area contributed by atoms with Crippen molar-refractivity contribution in [2.24, 2.45) is 0 Å². The number of anilines is 1. The molecule has 1 amide bonds. The molecule has 0 N–H and O–H groups in total. The van der Waals surface area contributed by atoms with Gasteiger partial charge >= 0.3 is 6.09 Å². The van der Waals surface area contributed by atoms with E-state index in [1.165, 1.54) is 12.0 Å². The highest BCUT2D eigenvalue weighted by Crippen LogP contribution is 2.49. The van der Waals surface area contributed by atoms with E-state index < -0.39 is 21.8 Å². The quantitative estimate of drug-likeness (QED) is 0.295. The largest absolute Gasteiger partial charge is 0.466 e. The van der Waals surface area contributed by atoms with Crippen LogP contribution >= 0.6 is 22.6 Å². The summed E-state index contributed by atoms with van der Waals surface area (Å²) in [5.41, 5.74) is 0.789. The van der Waals surface area contributed by atoms with Crippen LogP contribution in [-0.2, 0) is 23.8 Å². The van der Waals surface area contributed by atoms with Gasteiger partial charge in [-0.25, -0.2) is 4.79 Å². The predicted molar refractivity (Wildman–Crippen MR) is 126 cm³/mol. The molecule has 0 radical (unpaired) electrons. The van der Waals surface area contributed by atoms with Crippen molar-refractivity contribution in [3.8, 4) is 5.75 Å². The monoisotopic (exact) mass is 563 g/mol. The zero-order chi connectivity index (χ0) is 23.0. The van der Waals surface area contributed by atoms with Gasteiger partial charge in [0, 0.05) is 25.0 Å². The Balaban J connectivity index is 2.20. The summed E-state index contributed by atoms with van der Waals surface area (Å²) in [7, 11) is -2.11. The zero-order valence-electron chi connectivity index (χ0n) is 18.1. The molecular weight excluding hydrogens is 537 g/mol. The van der Waals surface area contributed by atoms with Crippen LogP contribution in [0.25, 0.3) is 10.8 Å². The fourth-order valence-corrected chi connectivity index (χ4v) is 4.99. The highest BCUT2D eigenvalue weighted by molar-refractivity contribution is 14.1. The van der Waals surface area contributed by atoms with Crippen LogP contribution in [0.15, 0.2) is 24.3 Å². The van der Waals surface area contributed by atoms with E-state index in [4.69, 9.17) is 18.4 Å². The van der Waals surface area contributed by atoms with E-state index >= 15 is 0 Å². The number of carbonyl (C=O) groups excluding carboxylic acids is 1. The Bertz CT molecular complexity index is 1100. The topological polar surface area (TPSA) is 91.4 Å². The smallest absolute Gasteiger partial charge is 0.414 e. The fraction of sp³-hybridized carbons (Fsp3) is 0.476. The van der Waals surface area contributed by atoms with Crippen LogP contribution in [0.3, 0.4) is 0 Å². The molecule has 8 nitrogen and oxygen atoms in total. The molecule has 0 spiro atoms. The van der Waals surface area contributed by atoms with E-state index in [2.05, 4.69) is 22.6 Å². The maximum Gasteiger partial charge on any atom is 0.414 e. The van der Waals surface area contributed by atoms with Crippen molar-refractivity contribution in [3.05, 3.63) is 33.4 Å². The Morgan fingerprint density at radius 2 is 1.87 bits per heavy atom. The van der Waals surface area contributed by atoms with E-state index in [1.807, 2.05) is 24.3 Å². The van der Waals surface area contributed by atoms with Gasteiger partial charge in [0.15, 0.2) is 6.79 Å². The third-order valence-electron chi connectivity index (χ3n) is 4.62. The lowest BCUT2D eigenvalue weighted by atomic mass is 9.95. The number of amides is 1. The van der Waals surface area contributed by atoms with E-state index in [1.54, 1.807) is 20.8 Å². The summed E-state index contributed by atoms with van der Waals surface area (Å²) in [6, 6.07) is 7.64. The van der Waals surface area contributed by atoms with E-state index in [0.717, 1.165) is 26.2 Å². The maximum absolute atomic E-state index is 13.1. The molecule has 1 heterocycles. The molecule has 0 fully saturated rings. The molecule has 3 rings (SSSR count). The average Bonchev–Trinajstić information content (AvgIpc) is 3.05. The van der Waals surface area contributed by atoms with Gasteiger partial charge in [0.25, 0.3) is 10.1 Å². The van der Waals surface area contributed by atoms with Crippen LogP contribution in [0.1, 0.15) is 32.3 Å². The maximum atomic E-state index is 13.1. The van der Waals surface area contributed by atoms with Gasteiger partial charge in [0.05, 0.1) is 22.1 Å². The SMILES string of the molecule is COCOc1c(I)c2c(c3ccccc13)[C@@H](COS(C)(=O)=O)CN2C(=O)OC(C)(C)C. The van der Waals surface area contributed by atoms with Gasteiger partial charge in [-0.1, -0.05) is 24.3 Å². The number of rotatable bonds is 6. The lowest BCUT2D eigenvalue weighted by molar-refractivity contribution is 0.0516. The minimum Gasteiger partial charge on any atom is -0.466 e. The van der Waals surface area contributed by atoms with Gasteiger partial charge in [0.2, 0.25) is 0 Å². The summed E-state index contributed by atoms with van der Waals surface area (Å²) in [5.74, 6) is 0.238. The second-order valence-corrected chi connectivity index (χ2v) is 11.0. The minimum atomic E-state index is -3.64. The number of halogens is 1. The molecule has 0 aliphatic carbocycles. The van der Waals surface area contributed by atoms with Crippen molar-refractivity contribution in [2.45, 2.75) is 32.3 Å². The van der Waals surface area contributed by atoms with Crippen LogP contribution in [0.5, 0.6) is 5.75 Å². The van der Waals surface area contributed by atoms with Crippen LogP contribution in [0.4, 0.5) is 10.5 Å². The van der Waals surface area contributed by atoms with Crippen molar-refractivity contribution < 1.29 is 31.6 Å². The molecule has 1 aliphatic heterocycles. The number of hydrogen-bond acceptors (Lipinski definition) is 7. The van der Waals surface area contributed by atoms with Gasteiger partial charge in [-0.3, -0.25) is 9.08 Å². The van der Waals surface area contributed by atoms with Crippen molar-refractivity contribution in [3.63, 3.8) is 0 Å². The number of carbonyl (C=O) groups is 1. The van der Waals surface area contributed by atoms with Crippen LogP contribution in [-0.4, -0.2) is 53.4 Å². The number of ether oxygens (including phenoxy) is 3. The molecule has 1 aliphatic rings. The Morgan fingerprint density at radius 1 is 1.23 bits per heavy atom. The third-order valence-corrected chi connectivity index (χ3v) is 6.19. The zero-order valence-corrected chi connectivity index (χ0v) is 21.1. The summed E-state index contributed by atoms with van der Waals surface area (Å²) >= 11 is 2.15. The van der Waals surface area contributed by atoms with Crippen molar-refractivity contribution in [1.29, 1.82) is 0 Å². The first-order chi connectivity index (χ1) is 14.4. The summed E-state index contributed by atoms with van der Waals surface area (Å²) in [5, 5.41) is 1.70. The molecular formula is C21H26INO7S. The van der Waals surface area contributed by atoms with Gasteiger partial charge in [0.1, 0.15) is 11.4 Å². The van der Waals surface area contributed by atoms with Crippen LogP contribution < -0.4 is 9.64 Å². The Kier molecular flexibility index (Phi) is 7.04. The Morgan fingerprint density at radius 3 is 2.45 bits per heavy atom. The summed E-state index contributed by atoms with van der Waals surface area (Å²) in [6.45, 7) is 5.59. The lowest BCUT2D eigenvalue weighted by Crippen LogP contribution is -2.37. The number of benzene rings is 2. The molecule has 170 valence electrons. The predicted octanol–water partition coefficient (Wildman–Crippen LogP) is 4.24. The molecule has 0 saturated heterocycles. The van der Waals surface area contributed by atoms with Crippen molar-refractivity contribution >= 4 is 55.3 Å². The summed E-state index contributed by atoms with van der Waals surface area (Å²) in [4.78, 5) is 14.6. The third kappa shape index (κ3) is 5.41. The van der Waals surface area contributed by atoms with E-state index in [0.29, 0.717) is 11.4 Å². The van der Waals surface area contributed by atoms with E-state index in [-0.39, 0.29) is 25.9 Å². The first-order valence-electron chi connectivity index (χ1n) is 9.63. The first kappa shape index (κ1) is 24.0. The number of fused-ring (bicyclic) bond motifs is 3. The van der Waals surface area contributed by atoms with Crippen LogP contribution in [0, 0.1) is 3.57 Å². The number of hydrogen-bond donors (Lipinski definition) is 0. The van der Waals surface area contributed by atoms with Gasteiger partial charge in [-0.15, -0.1) is 0 Å². The molecule has 0 aromatic heterocycles. The minimum absolute atomic E-state index is 0.0475. The standard InChI is InChI=1S/C21H26INO7S/c1-21(2,3)30-20(24)23-10-13(11-29-31(5,25)26)16-14-8-6-7-9-15(14)19(28-12-27-4)17(22)18(16)23/h6-9,13H,10-12H2,1-5H3/t13-/m1/s1. The molecule has 10 heteroatoms. The van der Waals surface area contributed by atoms with Gasteiger partial charge in [-0.2, -0.15) is 8.42 Å². The molecule has 0 unspecified atom stereocenters. The normalized spacial score (nSPS) is 16.5. The van der Waals surface area contributed by atoms with Crippen LogP contribution in [0.2, 0.25) is 0 Å². The molecule has 2 aromatic rings. The Labute approximate surface area is 196 Å². The highest BCUT2D eigenvalue weighted by Gasteiger charge is 2.40. The number of methoxy groups -OCH3 is 1. The van der Waals surface area contributed by atoms with Crippen molar-refractivity contribution in [1.82, 2.24) is 0 Å². The molecule has 2 aromatic carbocycles. The molecule has 0 bridgehead atoms. The second kappa shape index (κ2) is 9.08. The highest BCUT2D eigenvalue weighted by atomic mass is 127. The number of nitrogens with zero attached hydrogens (tertiary/aromatic N) is 1. The van der Waals surface area contributed by atoms with Gasteiger partial charge in [-0.05, 0) is 54.3 Å². The van der Waals surface area contributed by atoms with Gasteiger partial charge < -0.3 is 14.2 Å². The molecule has 1 atom stereocenters. The summed E-state index contributed by atoms with van der Waals surface area (Å²) < 4.78 is 45.7. The molecule has 0 saturated carbocycles. The summed E-state index contributed by atoms with van der Waals surface area (Å²) in [6.07, 6.45) is 0.499. The second-order valence-electron chi connectivity index (χ2n) is 8.28. The lowest BCUT2D eigenvalue weighted by Gasteiger charge is -2.26. The molecule has 31 heavy (non-hydrogen) atoms.